The van der Waals surface area contributed by atoms with Gasteiger partial charge in [0.2, 0.25) is 9.84 Å². The molecule has 2 aromatic rings. The average molecular weight is 430 g/mol. The maximum atomic E-state index is 14.0. The van der Waals surface area contributed by atoms with Crippen molar-refractivity contribution in [3.05, 3.63) is 65.0 Å². The lowest BCUT2D eigenvalue weighted by Gasteiger charge is -2.30. The Balaban J connectivity index is 1.89. The van der Waals surface area contributed by atoms with Crippen molar-refractivity contribution in [2.24, 2.45) is 0 Å². The third-order valence-electron chi connectivity index (χ3n) is 5.16. The van der Waals surface area contributed by atoms with Crippen LogP contribution in [0.1, 0.15) is 23.2 Å². The van der Waals surface area contributed by atoms with E-state index < -0.39 is 27.5 Å². The molecule has 1 saturated heterocycles. The summed E-state index contributed by atoms with van der Waals surface area (Å²) in [6, 6.07) is 9.55. The van der Waals surface area contributed by atoms with Crippen molar-refractivity contribution in [2.75, 3.05) is 25.1 Å². The first kappa shape index (κ1) is 20.1. The zero-order chi connectivity index (χ0) is 21.5. The maximum Gasteiger partial charge on any atom is 0.337 e. The molecule has 1 amide bonds. The monoisotopic (exact) mass is 430 g/mol. The number of esters is 1. The number of carbonyl (C=O) groups is 2. The van der Waals surface area contributed by atoms with E-state index in [4.69, 9.17) is 4.74 Å². The lowest BCUT2D eigenvalue weighted by molar-refractivity contribution is -0.125. The van der Waals surface area contributed by atoms with Gasteiger partial charge in [-0.15, -0.1) is 0 Å². The predicted octanol–water partition coefficient (Wildman–Crippen LogP) is 3.00. The largest absolute Gasteiger partial charge is 0.465 e. The maximum absolute atomic E-state index is 14.0. The van der Waals surface area contributed by atoms with Gasteiger partial charge in [-0.1, -0.05) is 6.07 Å². The molecule has 2 aromatic carbocycles. The molecule has 0 atom stereocenters. The van der Waals surface area contributed by atoms with Crippen LogP contribution in [0.25, 0.3) is 0 Å². The number of likely N-dealkylation sites (tertiary alicyclic amines) is 1. The van der Waals surface area contributed by atoms with E-state index in [9.17, 15) is 22.4 Å². The summed E-state index contributed by atoms with van der Waals surface area (Å²) in [4.78, 5) is 27.3. The average Bonchev–Trinajstić information content (AvgIpc) is 3.27. The number of fused-ring (bicyclic) bond motifs is 1. The van der Waals surface area contributed by atoms with Crippen LogP contribution in [0.5, 0.6) is 0 Å². The highest BCUT2D eigenvalue weighted by Crippen LogP contribution is 2.40. The molecule has 7 nitrogen and oxygen atoms in total. The molecule has 0 saturated carbocycles. The van der Waals surface area contributed by atoms with Gasteiger partial charge in [0.25, 0.3) is 5.91 Å². The fourth-order valence-corrected chi connectivity index (χ4v) is 5.16. The van der Waals surface area contributed by atoms with Crippen LogP contribution < -0.4 is 4.90 Å². The number of halogens is 1. The smallest absolute Gasteiger partial charge is 0.337 e. The normalized spacial score (nSPS) is 17.3. The predicted molar refractivity (Wildman–Crippen MR) is 107 cm³/mol. The SMILES string of the molecule is COC(=O)c1cccc(N2C=C(C(=O)N3CCCC3)S(=O)(=O)c3ccc(F)cc32)c1. The summed E-state index contributed by atoms with van der Waals surface area (Å²) >= 11 is 0. The van der Waals surface area contributed by atoms with Crippen LogP contribution in [-0.4, -0.2) is 45.4 Å². The van der Waals surface area contributed by atoms with Crippen LogP contribution in [0.15, 0.2) is 58.5 Å². The summed E-state index contributed by atoms with van der Waals surface area (Å²) in [5, 5.41) is 0. The molecule has 0 spiro atoms. The van der Waals surface area contributed by atoms with Crippen molar-refractivity contribution in [1.29, 1.82) is 0 Å². The van der Waals surface area contributed by atoms with Crippen LogP contribution >= 0.6 is 0 Å². The number of rotatable bonds is 3. The molecule has 0 aliphatic carbocycles. The van der Waals surface area contributed by atoms with E-state index in [0.717, 1.165) is 31.0 Å². The molecule has 4 rings (SSSR count). The minimum absolute atomic E-state index is 0.0648. The summed E-state index contributed by atoms with van der Waals surface area (Å²) in [6.07, 6.45) is 2.83. The molecule has 9 heteroatoms. The van der Waals surface area contributed by atoms with Gasteiger partial charge in [0.15, 0.2) is 4.91 Å². The van der Waals surface area contributed by atoms with Crippen molar-refractivity contribution < 1.29 is 27.1 Å². The minimum Gasteiger partial charge on any atom is -0.465 e. The number of hydrogen-bond donors (Lipinski definition) is 0. The van der Waals surface area contributed by atoms with E-state index in [1.807, 2.05) is 0 Å². The highest BCUT2D eigenvalue weighted by atomic mass is 32.2. The van der Waals surface area contributed by atoms with Crippen molar-refractivity contribution >= 4 is 33.1 Å². The Kier molecular flexibility index (Phi) is 5.07. The topological polar surface area (TPSA) is 84.0 Å². The molecule has 156 valence electrons. The number of methoxy groups -OCH3 is 1. The third-order valence-corrected chi connectivity index (χ3v) is 6.94. The van der Waals surface area contributed by atoms with E-state index in [1.54, 1.807) is 18.2 Å². The number of benzene rings is 2. The molecule has 1 fully saturated rings. The van der Waals surface area contributed by atoms with Crippen LogP contribution in [0.3, 0.4) is 0 Å². The second-order valence-corrected chi connectivity index (χ2v) is 8.91. The van der Waals surface area contributed by atoms with Gasteiger partial charge in [0, 0.05) is 25.0 Å². The Bertz CT molecular complexity index is 1170. The zero-order valence-electron chi connectivity index (χ0n) is 16.2. The number of amides is 1. The van der Waals surface area contributed by atoms with Crippen molar-refractivity contribution in [3.8, 4) is 0 Å². The summed E-state index contributed by atoms with van der Waals surface area (Å²) in [5.41, 5.74) is 0.698. The van der Waals surface area contributed by atoms with Gasteiger partial charge in [-0.25, -0.2) is 17.6 Å². The lowest BCUT2D eigenvalue weighted by Crippen LogP contribution is -2.35. The zero-order valence-corrected chi connectivity index (χ0v) is 17.0. The number of ether oxygens (including phenoxy) is 1. The first-order valence-electron chi connectivity index (χ1n) is 9.36. The second-order valence-electron chi connectivity index (χ2n) is 7.02. The van der Waals surface area contributed by atoms with Crippen LogP contribution in [0.2, 0.25) is 0 Å². The van der Waals surface area contributed by atoms with Crippen LogP contribution in [0.4, 0.5) is 15.8 Å². The van der Waals surface area contributed by atoms with Crippen molar-refractivity contribution in [3.63, 3.8) is 0 Å². The van der Waals surface area contributed by atoms with Gasteiger partial charge in [-0.05, 0) is 49.2 Å². The van der Waals surface area contributed by atoms with E-state index in [-0.39, 0.29) is 21.1 Å². The van der Waals surface area contributed by atoms with Crippen LogP contribution in [-0.2, 0) is 19.4 Å². The fourth-order valence-electron chi connectivity index (χ4n) is 3.64. The van der Waals surface area contributed by atoms with E-state index in [1.165, 1.54) is 29.2 Å². The molecule has 2 heterocycles. The van der Waals surface area contributed by atoms with Gasteiger partial charge < -0.3 is 14.5 Å². The minimum atomic E-state index is -4.14. The van der Waals surface area contributed by atoms with Gasteiger partial charge in [0.05, 0.1) is 23.3 Å². The molecule has 2 aliphatic rings. The Morgan fingerprint density at radius 1 is 1.07 bits per heavy atom. The molecular weight excluding hydrogens is 411 g/mol. The van der Waals surface area contributed by atoms with E-state index in [0.29, 0.717) is 18.8 Å². The van der Waals surface area contributed by atoms with Crippen LogP contribution in [0, 0.1) is 5.82 Å². The number of nitrogens with zero attached hydrogens (tertiary/aromatic N) is 2. The summed E-state index contributed by atoms with van der Waals surface area (Å²) < 4.78 is 45.1. The molecule has 30 heavy (non-hydrogen) atoms. The molecule has 0 radical (unpaired) electrons. The van der Waals surface area contributed by atoms with E-state index in [2.05, 4.69) is 0 Å². The second kappa shape index (κ2) is 7.56. The number of carbonyl (C=O) groups excluding carboxylic acids is 2. The fraction of sp³-hybridized carbons (Fsp3) is 0.238. The van der Waals surface area contributed by atoms with E-state index >= 15 is 0 Å². The molecule has 0 unspecified atom stereocenters. The highest BCUT2D eigenvalue weighted by molar-refractivity contribution is 7.96. The third kappa shape index (κ3) is 3.35. The Labute approximate surface area is 173 Å². The molecule has 0 bridgehead atoms. The molecule has 0 N–H and O–H groups in total. The first-order valence-corrected chi connectivity index (χ1v) is 10.8. The Morgan fingerprint density at radius 2 is 1.80 bits per heavy atom. The molecular formula is C21H19FN2O5S. The molecule has 2 aliphatic heterocycles. The van der Waals surface area contributed by atoms with Crippen molar-refractivity contribution in [2.45, 2.75) is 17.7 Å². The van der Waals surface area contributed by atoms with Gasteiger partial charge in [0.1, 0.15) is 5.82 Å². The lowest BCUT2D eigenvalue weighted by atomic mass is 10.1. The van der Waals surface area contributed by atoms with Gasteiger partial charge >= 0.3 is 5.97 Å². The Hall–Kier alpha value is -3.20. The summed E-state index contributed by atoms with van der Waals surface area (Å²) in [7, 11) is -2.89. The molecule has 0 aromatic heterocycles. The Morgan fingerprint density at radius 3 is 2.50 bits per heavy atom. The standard InChI is InChI=1S/C21H19FN2O5S/c1-29-21(26)14-5-4-6-16(11-14)24-13-19(20(25)23-9-2-3-10-23)30(27,28)18-8-7-15(22)12-17(18)24/h4-8,11-13H,2-3,9-10H2,1H3. The summed E-state index contributed by atoms with van der Waals surface area (Å²) in [6.45, 7) is 0.972. The summed E-state index contributed by atoms with van der Waals surface area (Å²) in [5.74, 6) is -1.78. The van der Waals surface area contributed by atoms with Gasteiger partial charge in [-0.2, -0.15) is 0 Å². The number of anilines is 2. The van der Waals surface area contributed by atoms with Gasteiger partial charge in [-0.3, -0.25) is 4.79 Å². The first-order chi connectivity index (χ1) is 14.3. The quantitative estimate of drug-likeness (QED) is 0.550. The number of hydrogen-bond acceptors (Lipinski definition) is 6. The number of sulfone groups is 1. The highest BCUT2D eigenvalue weighted by Gasteiger charge is 2.38. The van der Waals surface area contributed by atoms with Crippen molar-refractivity contribution in [1.82, 2.24) is 4.90 Å².